The molecule has 0 spiro atoms. The molecule has 1 rings (SSSR count). The summed E-state index contributed by atoms with van der Waals surface area (Å²) in [5, 5.41) is 8.67. The Morgan fingerprint density at radius 1 is 1.60 bits per heavy atom. The van der Waals surface area contributed by atoms with Gasteiger partial charge >= 0.3 is 6.16 Å². The molecule has 3 nitrogen and oxygen atoms in total. The maximum atomic E-state index is 10.6. The zero-order valence-corrected chi connectivity index (χ0v) is 9.32. The van der Waals surface area contributed by atoms with Crippen LogP contribution in [0.4, 0.5) is 4.79 Å². The average Bonchev–Trinajstić information content (AvgIpc) is 2.25. The van der Waals surface area contributed by atoms with Crippen molar-refractivity contribution in [3.8, 4) is 0 Å². The van der Waals surface area contributed by atoms with E-state index in [0.29, 0.717) is 5.92 Å². The maximum Gasteiger partial charge on any atom is 0.506 e. The number of hydrogen-bond acceptors (Lipinski definition) is 2. The fraction of sp³-hybridized carbons (Fsp3) is 0.750. The zero-order chi connectivity index (χ0) is 11.1. The van der Waals surface area contributed by atoms with E-state index in [1.54, 1.807) is 0 Å². The molecule has 0 heterocycles. The predicted octanol–water partition coefficient (Wildman–Crippen LogP) is 3.60. The van der Waals surface area contributed by atoms with Gasteiger partial charge in [0, 0.05) is 0 Å². The fourth-order valence-electron chi connectivity index (χ4n) is 2.08. The van der Waals surface area contributed by atoms with Gasteiger partial charge in [0.05, 0.1) is 0 Å². The maximum absolute atomic E-state index is 10.6. The molecule has 0 aromatic carbocycles. The number of hydrogen-bond donors (Lipinski definition) is 1. The quantitative estimate of drug-likeness (QED) is 0.559. The lowest BCUT2D eigenvalue weighted by Gasteiger charge is -2.26. The van der Waals surface area contributed by atoms with Gasteiger partial charge in [-0.25, -0.2) is 4.79 Å². The smallest absolute Gasteiger partial charge is 0.450 e. The van der Waals surface area contributed by atoms with Gasteiger partial charge in [-0.1, -0.05) is 31.9 Å². The Kier molecular flexibility index (Phi) is 5.22. The standard InChI is InChI=1S/C12H20O3/c1-2-3-9-11(15-12(13)14)10-7-5-4-6-8-10/h4-5,10-11H,2-3,6-9H2,1H3,(H,13,14). The van der Waals surface area contributed by atoms with E-state index in [2.05, 4.69) is 19.1 Å². The molecule has 0 fully saturated rings. The number of carbonyl (C=O) groups is 1. The van der Waals surface area contributed by atoms with Gasteiger partial charge in [0.15, 0.2) is 0 Å². The first-order valence-corrected chi connectivity index (χ1v) is 5.78. The van der Waals surface area contributed by atoms with Crippen molar-refractivity contribution in [3.63, 3.8) is 0 Å². The van der Waals surface area contributed by atoms with E-state index in [1.807, 2.05) is 0 Å². The second-order valence-corrected chi connectivity index (χ2v) is 4.11. The summed E-state index contributed by atoms with van der Waals surface area (Å²) in [6, 6.07) is 0. The van der Waals surface area contributed by atoms with E-state index in [9.17, 15) is 4.79 Å². The van der Waals surface area contributed by atoms with Gasteiger partial charge in [-0.15, -0.1) is 0 Å². The minimum Gasteiger partial charge on any atom is -0.450 e. The van der Waals surface area contributed by atoms with Gasteiger partial charge in [-0.05, 0) is 31.6 Å². The van der Waals surface area contributed by atoms with Crippen LogP contribution in [-0.2, 0) is 4.74 Å². The first-order valence-electron chi connectivity index (χ1n) is 5.78. The molecule has 15 heavy (non-hydrogen) atoms. The molecule has 0 bridgehead atoms. The minimum atomic E-state index is -1.13. The van der Waals surface area contributed by atoms with E-state index in [0.717, 1.165) is 38.5 Å². The lowest BCUT2D eigenvalue weighted by Crippen LogP contribution is -2.27. The van der Waals surface area contributed by atoms with Crippen molar-refractivity contribution in [2.24, 2.45) is 5.92 Å². The Morgan fingerprint density at radius 2 is 2.40 bits per heavy atom. The molecule has 1 aliphatic carbocycles. The molecular formula is C12H20O3. The van der Waals surface area contributed by atoms with Crippen LogP contribution in [0.1, 0.15) is 45.4 Å². The highest BCUT2D eigenvalue weighted by Crippen LogP contribution is 2.26. The van der Waals surface area contributed by atoms with Gasteiger partial charge in [0.1, 0.15) is 6.10 Å². The third-order valence-electron chi connectivity index (χ3n) is 2.93. The highest BCUT2D eigenvalue weighted by atomic mass is 16.7. The normalized spacial score (nSPS) is 22.3. The Balaban J connectivity index is 2.45. The first kappa shape index (κ1) is 12.1. The summed E-state index contributed by atoms with van der Waals surface area (Å²) < 4.78 is 4.97. The molecule has 0 aliphatic heterocycles. The predicted molar refractivity (Wildman–Crippen MR) is 58.9 cm³/mol. The Bertz CT molecular complexity index is 223. The zero-order valence-electron chi connectivity index (χ0n) is 9.32. The molecule has 0 saturated heterocycles. The molecule has 0 radical (unpaired) electrons. The van der Waals surface area contributed by atoms with Gasteiger partial charge in [0.25, 0.3) is 0 Å². The van der Waals surface area contributed by atoms with E-state index in [4.69, 9.17) is 9.84 Å². The molecule has 2 unspecified atom stereocenters. The summed E-state index contributed by atoms with van der Waals surface area (Å²) in [6.07, 6.45) is 9.11. The summed E-state index contributed by atoms with van der Waals surface area (Å²) >= 11 is 0. The first-order chi connectivity index (χ1) is 7.24. The van der Waals surface area contributed by atoms with Crippen LogP contribution in [-0.4, -0.2) is 17.4 Å². The molecule has 0 saturated carbocycles. The van der Waals surface area contributed by atoms with Crippen LogP contribution in [0.5, 0.6) is 0 Å². The fourth-order valence-corrected chi connectivity index (χ4v) is 2.08. The molecule has 0 aromatic heterocycles. The number of carboxylic acid groups (broad SMARTS) is 1. The molecule has 0 amide bonds. The second-order valence-electron chi connectivity index (χ2n) is 4.11. The van der Waals surface area contributed by atoms with E-state index >= 15 is 0 Å². The number of allylic oxidation sites excluding steroid dienone is 2. The van der Waals surface area contributed by atoms with Gasteiger partial charge in [-0.3, -0.25) is 0 Å². The van der Waals surface area contributed by atoms with Crippen LogP contribution in [0, 0.1) is 5.92 Å². The highest BCUT2D eigenvalue weighted by molar-refractivity contribution is 5.57. The molecule has 3 heteroatoms. The third kappa shape index (κ3) is 4.36. The Labute approximate surface area is 91.1 Å². The van der Waals surface area contributed by atoms with Crippen molar-refractivity contribution in [2.75, 3.05) is 0 Å². The lowest BCUT2D eigenvalue weighted by atomic mass is 9.87. The van der Waals surface area contributed by atoms with Gasteiger partial charge in [-0.2, -0.15) is 0 Å². The van der Waals surface area contributed by atoms with E-state index in [-0.39, 0.29) is 6.10 Å². The van der Waals surface area contributed by atoms with Crippen LogP contribution < -0.4 is 0 Å². The summed E-state index contributed by atoms with van der Waals surface area (Å²) in [4.78, 5) is 10.6. The average molecular weight is 212 g/mol. The van der Waals surface area contributed by atoms with Gasteiger partial charge in [0.2, 0.25) is 0 Å². The van der Waals surface area contributed by atoms with Crippen molar-refractivity contribution in [3.05, 3.63) is 12.2 Å². The van der Waals surface area contributed by atoms with Crippen LogP contribution in [0.15, 0.2) is 12.2 Å². The Hall–Kier alpha value is -0.990. The minimum absolute atomic E-state index is 0.104. The van der Waals surface area contributed by atoms with Gasteiger partial charge < -0.3 is 9.84 Å². The molecule has 1 aliphatic rings. The van der Waals surface area contributed by atoms with Crippen molar-refractivity contribution < 1.29 is 14.6 Å². The highest BCUT2D eigenvalue weighted by Gasteiger charge is 2.24. The lowest BCUT2D eigenvalue weighted by molar-refractivity contribution is 0.0171. The summed E-state index contributed by atoms with van der Waals surface area (Å²) in [6.45, 7) is 2.11. The number of unbranched alkanes of at least 4 members (excludes halogenated alkanes) is 1. The van der Waals surface area contributed by atoms with E-state index < -0.39 is 6.16 Å². The SMILES string of the molecule is CCCCC(OC(=O)O)C1CC=CCC1. The van der Waals surface area contributed by atoms with Crippen LogP contribution >= 0.6 is 0 Å². The second kappa shape index (κ2) is 6.49. The molecule has 86 valence electrons. The van der Waals surface area contributed by atoms with Crippen LogP contribution in [0.25, 0.3) is 0 Å². The molecule has 1 N–H and O–H groups in total. The summed E-state index contributed by atoms with van der Waals surface area (Å²) in [5.74, 6) is 0.387. The van der Waals surface area contributed by atoms with Crippen LogP contribution in [0.3, 0.4) is 0 Å². The third-order valence-corrected chi connectivity index (χ3v) is 2.93. The largest absolute Gasteiger partial charge is 0.506 e. The van der Waals surface area contributed by atoms with Crippen LogP contribution in [0.2, 0.25) is 0 Å². The topological polar surface area (TPSA) is 46.5 Å². The van der Waals surface area contributed by atoms with E-state index in [1.165, 1.54) is 0 Å². The van der Waals surface area contributed by atoms with Crippen molar-refractivity contribution in [2.45, 2.75) is 51.6 Å². The Morgan fingerprint density at radius 3 is 2.93 bits per heavy atom. The van der Waals surface area contributed by atoms with Crippen molar-refractivity contribution >= 4 is 6.16 Å². The van der Waals surface area contributed by atoms with Crippen molar-refractivity contribution in [1.82, 2.24) is 0 Å². The molecule has 0 aromatic rings. The monoisotopic (exact) mass is 212 g/mol. The number of rotatable bonds is 5. The van der Waals surface area contributed by atoms with Crippen molar-refractivity contribution in [1.29, 1.82) is 0 Å². The summed E-state index contributed by atoms with van der Waals surface area (Å²) in [5.41, 5.74) is 0. The summed E-state index contributed by atoms with van der Waals surface area (Å²) in [7, 11) is 0. The number of ether oxygens (including phenoxy) is 1. The molecular weight excluding hydrogens is 192 g/mol. The molecule has 2 atom stereocenters.